The van der Waals surface area contributed by atoms with Gasteiger partial charge < -0.3 is 9.72 Å². The minimum atomic E-state index is -0.165. The van der Waals surface area contributed by atoms with Gasteiger partial charge in [-0.3, -0.25) is 4.90 Å². The minimum absolute atomic E-state index is 0.165. The molecular weight excluding hydrogens is 315 g/mol. The van der Waals surface area contributed by atoms with E-state index in [1.807, 2.05) is 12.1 Å². The highest BCUT2D eigenvalue weighted by Gasteiger charge is 2.30. The van der Waals surface area contributed by atoms with Crippen LogP contribution in [0.2, 0.25) is 0 Å². The van der Waals surface area contributed by atoms with Crippen LogP contribution in [0.4, 0.5) is 4.39 Å². The third kappa shape index (κ3) is 2.40. The van der Waals surface area contributed by atoms with E-state index in [0.717, 1.165) is 50.4 Å². The highest BCUT2D eigenvalue weighted by atomic mass is 19.1. The lowest BCUT2D eigenvalue weighted by atomic mass is 9.86. The van der Waals surface area contributed by atoms with E-state index in [1.165, 1.54) is 22.6 Å². The van der Waals surface area contributed by atoms with Gasteiger partial charge >= 0.3 is 0 Å². The Kier molecular flexibility index (Phi) is 3.61. The van der Waals surface area contributed by atoms with Crippen LogP contribution in [0.3, 0.4) is 0 Å². The van der Waals surface area contributed by atoms with Gasteiger partial charge in [-0.05, 0) is 42.2 Å². The normalized spacial score (nSPS) is 20.9. The highest BCUT2D eigenvalue weighted by Crippen LogP contribution is 2.43. The van der Waals surface area contributed by atoms with Crippen LogP contribution >= 0.6 is 0 Å². The van der Waals surface area contributed by atoms with E-state index in [4.69, 9.17) is 4.74 Å². The summed E-state index contributed by atoms with van der Waals surface area (Å²) < 4.78 is 19.9. The van der Waals surface area contributed by atoms with Crippen molar-refractivity contribution in [2.45, 2.75) is 18.9 Å². The maximum absolute atomic E-state index is 14.4. The number of benzene rings is 2. The van der Waals surface area contributed by atoms with Crippen molar-refractivity contribution in [2.24, 2.45) is 0 Å². The molecule has 3 nitrogen and oxygen atoms in total. The lowest BCUT2D eigenvalue weighted by Crippen LogP contribution is -2.40. The zero-order valence-electron chi connectivity index (χ0n) is 14.1. The summed E-state index contributed by atoms with van der Waals surface area (Å²) in [5.74, 6) is -0.165. The van der Waals surface area contributed by atoms with Crippen molar-refractivity contribution in [3.63, 3.8) is 0 Å². The Morgan fingerprint density at radius 1 is 1.04 bits per heavy atom. The van der Waals surface area contributed by atoms with Crippen LogP contribution in [-0.2, 0) is 11.2 Å². The van der Waals surface area contributed by atoms with Crippen LogP contribution in [0.15, 0.2) is 42.5 Å². The van der Waals surface area contributed by atoms with Crippen LogP contribution in [0.25, 0.3) is 22.2 Å². The van der Waals surface area contributed by atoms with Gasteiger partial charge in [0.15, 0.2) is 0 Å². The van der Waals surface area contributed by atoms with Gasteiger partial charge in [0.2, 0.25) is 0 Å². The smallest absolute Gasteiger partial charge is 0.132 e. The van der Waals surface area contributed by atoms with E-state index in [2.05, 4.69) is 28.1 Å². The molecule has 25 heavy (non-hydrogen) atoms. The Balaban J connectivity index is 1.67. The van der Waals surface area contributed by atoms with E-state index in [1.54, 1.807) is 6.07 Å². The molecule has 3 aromatic rings. The molecule has 1 atom stereocenters. The maximum Gasteiger partial charge on any atom is 0.132 e. The minimum Gasteiger partial charge on any atom is -0.379 e. The number of hydrogen-bond donors (Lipinski definition) is 1. The molecule has 0 saturated carbocycles. The number of aryl methyl sites for hydroxylation is 1. The zero-order valence-corrected chi connectivity index (χ0v) is 14.1. The first-order chi connectivity index (χ1) is 12.3. The molecule has 1 N–H and O–H groups in total. The zero-order chi connectivity index (χ0) is 16.8. The van der Waals surface area contributed by atoms with E-state index >= 15 is 0 Å². The molecule has 1 fully saturated rings. The molecule has 5 rings (SSSR count). The molecule has 0 bridgehead atoms. The molecule has 1 unspecified atom stereocenters. The van der Waals surface area contributed by atoms with Gasteiger partial charge in [0.25, 0.3) is 0 Å². The Labute approximate surface area is 146 Å². The summed E-state index contributed by atoms with van der Waals surface area (Å²) in [4.78, 5) is 6.03. The number of morpholine rings is 1. The van der Waals surface area contributed by atoms with Crippen molar-refractivity contribution in [1.29, 1.82) is 0 Å². The molecule has 2 heterocycles. The Morgan fingerprint density at radius 2 is 1.88 bits per heavy atom. The summed E-state index contributed by atoms with van der Waals surface area (Å²) in [5, 5.41) is 1.29. The first-order valence-corrected chi connectivity index (χ1v) is 9.03. The first kappa shape index (κ1) is 15.1. The quantitative estimate of drug-likeness (QED) is 0.756. The predicted molar refractivity (Wildman–Crippen MR) is 97.1 cm³/mol. The standard InChI is InChI=1S/C21H21FN2O/c22-17-6-2-1-4-14(17)21-16-8-9-19(24-10-12-25-13-11-24)15-5-3-7-18(23-21)20(15)16/h1-7,19,23H,8-13H2. The molecule has 2 aromatic carbocycles. The summed E-state index contributed by atoms with van der Waals surface area (Å²) in [6.07, 6.45) is 2.05. The number of H-pyrrole nitrogens is 1. The fourth-order valence-corrected chi connectivity index (χ4v) is 4.47. The number of aromatic amines is 1. The molecule has 1 aliphatic heterocycles. The summed E-state index contributed by atoms with van der Waals surface area (Å²) >= 11 is 0. The Hall–Kier alpha value is -2.17. The molecule has 0 spiro atoms. The van der Waals surface area contributed by atoms with Gasteiger partial charge in [-0.2, -0.15) is 0 Å². The average molecular weight is 336 g/mol. The highest BCUT2D eigenvalue weighted by molar-refractivity contribution is 5.94. The molecular formula is C21H21FN2O. The predicted octanol–water partition coefficient (Wildman–Crippen LogP) is 4.29. The molecule has 1 aliphatic carbocycles. The number of hydrogen-bond acceptors (Lipinski definition) is 2. The van der Waals surface area contributed by atoms with Crippen LogP contribution in [-0.4, -0.2) is 36.2 Å². The fraction of sp³-hybridized carbons (Fsp3) is 0.333. The van der Waals surface area contributed by atoms with Crippen LogP contribution in [0.5, 0.6) is 0 Å². The Morgan fingerprint density at radius 3 is 2.72 bits per heavy atom. The fourth-order valence-electron chi connectivity index (χ4n) is 4.47. The third-order valence-corrected chi connectivity index (χ3v) is 5.62. The maximum atomic E-state index is 14.4. The first-order valence-electron chi connectivity index (χ1n) is 9.03. The van der Waals surface area contributed by atoms with Gasteiger partial charge in [0.05, 0.1) is 18.9 Å². The summed E-state index contributed by atoms with van der Waals surface area (Å²) in [6, 6.07) is 13.9. The summed E-state index contributed by atoms with van der Waals surface area (Å²) in [6.45, 7) is 3.60. The van der Waals surface area contributed by atoms with Crippen LogP contribution < -0.4 is 0 Å². The Bertz CT molecular complexity index is 927. The number of halogens is 1. The van der Waals surface area contributed by atoms with Gasteiger partial charge in [0, 0.05) is 35.6 Å². The van der Waals surface area contributed by atoms with Crippen molar-refractivity contribution >= 4 is 10.9 Å². The molecule has 0 amide bonds. The average Bonchev–Trinajstić information content (AvgIpc) is 3.04. The molecule has 128 valence electrons. The second-order valence-electron chi connectivity index (χ2n) is 6.93. The number of aromatic nitrogens is 1. The van der Waals surface area contributed by atoms with Crippen molar-refractivity contribution in [1.82, 2.24) is 9.88 Å². The van der Waals surface area contributed by atoms with Gasteiger partial charge in [-0.25, -0.2) is 4.39 Å². The number of nitrogens with one attached hydrogen (secondary N) is 1. The van der Waals surface area contributed by atoms with Gasteiger partial charge in [-0.1, -0.05) is 24.3 Å². The monoisotopic (exact) mass is 336 g/mol. The van der Waals surface area contributed by atoms with Gasteiger partial charge in [-0.15, -0.1) is 0 Å². The SMILES string of the molecule is Fc1ccccc1-c1[nH]c2cccc3c2c1CCC3N1CCOCC1. The summed E-state index contributed by atoms with van der Waals surface area (Å²) in [7, 11) is 0. The van der Waals surface area contributed by atoms with E-state index in [9.17, 15) is 4.39 Å². The lowest BCUT2D eigenvalue weighted by Gasteiger charge is -2.37. The van der Waals surface area contributed by atoms with Gasteiger partial charge in [0.1, 0.15) is 5.82 Å². The largest absolute Gasteiger partial charge is 0.379 e. The summed E-state index contributed by atoms with van der Waals surface area (Å²) in [5.41, 5.74) is 5.37. The number of ether oxygens (including phenoxy) is 1. The number of nitrogens with zero attached hydrogens (tertiary/aromatic N) is 1. The van der Waals surface area contributed by atoms with Crippen molar-refractivity contribution < 1.29 is 9.13 Å². The second kappa shape index (κ2) is 5.97. The van der Waals surface area contributed by atoms with E-state index in [0.29, 0.717) is 11.6 Å². The third-order valence-electron chi connectivity index (χ3n) is 5.62. The van der Waals surface area contributed by atoms with E-state index < -0.39 is 0 Å². The van der Waals surface area contributed by atoms with Crippen LogP contribution in [0.1, 0.15) is 23.6 Å². The molecule has 4 heteroatoms. The van der Waals surface area contributed by atoms with E-state index in [-0.39, 0.29) is 5.82 Å². The molecule has 1 saturated heterocycles. The van der Waals surface area contributed by atoms with Crippen LogP contribution in [0, 0.1) is 5.82 Å². The topological polar surface area (TPSA) is 28.3 Å². The van der Waals surface area contributed by atoms with Crippen molar-refractivity contribution in [2.75, 3.05) is 26.3 Å². The second-order valence-corrected chi connectivity index (χ2v) is 6.93. The molecule has 1 aromatic heterocycles. The lowest BCUT2D eigenvalue weighted by molar-refractivity contribution is 0.0141. The van der Waals surface area contributed by atoms with Crippen molar-refractivity contribution in [3.8, 4) is 11.3 Å². The van der Waals surface area contributed by atoms with Crippen molar-refractivity contribution in [3.05, 3.63) is 59.4 Å². The number of rotatable bonds is 2. The molecule has 2 aliphatic rings. The molecule has 0 radical (unpaired) electrons.